The fourth-order valence-electron chi connectivity index (χ4n) is 3.51. The summed E-state index contributed by atoms with van der Waals surface area (Å²) < 4.78 is 16.2. The van der Waals surface area contributed by atoms with Crippen LogP contribution in [0.2, 0.25) is 0 Å². The molecule has 8 N–H and O–H groups in total. The number of fused-ring (bicyclic) bond motifs is 1. The molecular weight excluding hydrogens is 444 g/mol. The van der Waals surface area contributed by atoms with E-state index in [0.717, 1.165) is 30.3 Å². The summed E-state index contributed by atoms with van der Waals surface area (Å²) in [5, 5.41) is 78.9. The highest BCUT2D eigenvalue weighted by Crippen LogP contribution is 2.41. The Morgan fingerprint density at radius 2 is 1.61 bits per heavy atom. The van der Waals surface area contributed by atoms with E-state index in [4.69, 9.17) is 13.9 Å². The van der Waals surface area contributed by atoms with Crippen LogP contribution in [0.25, 0.3) is 22.3 Å². The number of hydrogen-bond donors (Lipinski definition) is 8. The lowest BCUT2D eigenvalue weighted by Gasteiger charge is -2.39. The number of phenols is 4. The molecule has 12 heteroatoms. The van der Waals surface area contributed by atoms with E-state index in [1.165, 1.54) is 0 Å². The van der Waals surface area contributed by atoms with Crippen LogP contribution < -0.4 is 10.2 Å². The fraction of sp³-hybridized carbons (Fsp3) is 0.286. The van der Waals surface area contributed by atoms with Crippen LogP contribution in [-0.4, -0.2) is 78.2 Å². The van der Waals surface area contributed by atoms with Crippen LogP contribution in [-0.2, 0) is 4.74 Å². The first-order valence-electron chi connectivity index (χ1n) is 9.64. The highest BCUT2D eigenvalue weighted by Gasteiger charge is 2.45. The monoisotopic (exact) mass is 464 g/mol. The third-order valence-corrected chi connectivity index (χ3v) is 5.23. The summed E-state index contributed by atoms with van der Waals surface area (Å²) >= 11 is 0. The molecule has 5 atom stereocenters. The molecule has 176 valence electrons. The van der Waals surface area contributed by atoms with Crippen molar-refractivity contribution < 1.29 is 54.7 Å². The quantitative estimate of drug-likeness (QED) is 0.229. The molecule has 33 heavy (non-hydrogen) atoms. The van der Waals surface area contributed by atoms with Gasteiger partial charge in [0.05, 0.1) is 6.61 Å². The van der Waals surface area contributed by atoms with Crippen LogP contribution in [0.3, 0.4) is 0 Å². The molecule has 3 aromatic rings. The zero-order valence-corrected chi connectivity index (χ0v) is 16.7. The summed E-state index contributed by atoms with van der Waals surface area (Å²) in [5.41, 5.74) is -0.793. The first-order chi connectivity index (χ1) is 15.6. The van der Waals surface area contributed by atoms with Gasteiger partial charge in [0.1, 0.15) is 52.6 Å². The van der Waals surface area contributed by atoms with E-state index in [2.05, 4.69) is 0 Å². The molecule has 1 saturated heterocycles. The Morgan fingerprint density at radius 1 is 0.879 bits per heavy atom. The third-order valence-electron chi connectivity index (χ3n) is 5.23. The van der Waals surface area contributed by atoms with Crippen molar-refractivity contribution in [3.63, 3.8) is 0 Å². The van der Waals surface area contributed by atoms with Crippen LogP contribution in [0.15, 0.2) is 39.5 Å². The van der Waals surface area contributed by atoms with Gasteiger partial charge in [-0.15, -0.1) is 0 Å². The van der Waals surface area contributed by atoms with Crippen molar-refractivity contribution in [1.29, 1.82) is 0 Å². The lowest BCUT2D eigenvalue weighted by Crippen LogP contribution is -2.60. The van der Waals surface area contributed by atoms with E-state index in [0.29, 0.717) is 0 Å². The molecule has 1 fully saturated rings. The molecule has 0 bridgehead atoms. The number of aliphatic hydroxyl groups is 4. The van der Waals surface area contributed by atoms with Crippen LogP contribution >= 0.6 is 0 Å². The normalized spacial score (nSPS) is 25.3. The Labute approximate surface area is 184 Å². The van der Waals surface area contributed by atoms with Gasteiger partial charge in [0.2, 0.25) is 12.0 Å². The second kappa shape index (κ2) is 8.42. The first-order valence-corrected chi connectivity index (χ1v) is 9.64. The Kier molecular flexibility index (Phi) is 5.78. The molecule has 0 saturated carbocycles. The summed E-state index contributed by atoms with van der Waals surface area (Å²) in [5.74, 6) is -2.91. The first kappa shape index (κ1) is 22.6. The zero-order chi connectivity index (χ0) is 24.0. The lowest BCUT2D eigenvalue weighted by atomic mass is 9.99. The predicted octanol–water partition coefficient (Wildman–Crippen LogP) is -0.539. The van der Waals surface area contributed by atoms with Crippen molar-refractivity contribution in [3.8, 4) is 40.1 Å². The molecule has 1 aromatic heterocycles. The molecular formula is C21H20O12. The number of aliphatic hydroxyl groups excluding tert-OH is 4. The van der Waals surface area contributed by atoms with E-state index < -0.39 is 65.7 Å². The summed E-state index contributed by atoms with van der Waals surface area (Å²) in [6, 6.07) is 5.25. The Bertz CT molecular complexity index is 1250. The number of benzene rings is 2. The second-order valence-corrected chi connectivity index (χ2v) is 7.47. The summed E-state index contributed by atoms with van der Waals surface area (Å²) in [6.07, 6.45) is -8.07. The minimum Gasteiger partial charge on any atom is -0.508 e. The van der Waals surface area contributed by atoms with Gasteiger partial charge in [-0.3, -0.25) is 4.79 Å². The maximum atomic E-state index is 12.5. The average molecular weight is 464 g/mol. The highest BCUT2D eigenvalue weighted by atomic mass is 16.7. The molecule has 0 amide bonds. The van der Waals surface area contributed by atoms with Gasteiger partial charge in [-0.25, -0.2) is 0 Å². The third kappa shape index (κ3) is 4.01. The fourth-order valence-corrected chi connectivity index (χ4v) is 3.51. The van der Waals surface area contributed by atoms with Gasteiger partial charge >= 0.3 is 0 Å². The van der Waals surface area contributed by atoms with Crippen LogP contribution in [0, 0.1) is 0 Å². The van der Waals surface area contributed by atoms with Crippen LogP contribution in [0.4, 0.5) is 0 Å². The van der Waals surface area contributed by atoms with Gasteiger partial charge in [0.25, 0.3) is 0 Å². The Hall–Kier alpha value is -3.55. The van der Waals surface area contributed by atoms with Gasteiger partial charge in [-0.2, -0.15) is 0 Å². The van der Waals surface area contributed by atoms with Crippen molar-refractivity contribution in [2.45, 2.75) is 30.7 Å². The number of hydrogen-bond acceptors (Lipinski definition) is 12. The van der Waals surface area contributed by atoms with Gasteiger partial charge in [-0.05, 0) is 12.1 Å². The predicted molar refractivity (Wildman–Crippen MR) is 109 cm³/mol. The zero-order valence-electron chi connectivity index (χ0n) is 16.7. The minimum absolute atomic E-state index is 0.0201. The van der Waals surface area contributed by atoms with Gasteiger partial charge in [0, 0.05) is 23.8 Å². The van der Waals surface area contributed by atoms with Crippen molar-refractivity contribution >= 4 is 11.0 Å². The van der Waals surface area contributed by atoms with E-state index in [-0.39, 0.29) is 28.0 Å². The number of aromatic hydroxyl groups is 4. The van der Waals surface area contributed by atoms with E-state index in [1.54, 1.807) is 0 Å². The topological polar surface area (TPSA) is 211 Å². The van der Waals surface area contributed by atoms with Gasteiger partial charge < -0.3 is 54.7 Å². The molecule has 1 aliphatic rings. The summed E-state index contributed by atoms with van der Waals surface area (Å²) in [7, 11) is 0. The molecule has 0 aliphatic carbocycles. The molecule has 1 aliphatic heterocycles. The molecule has 12 nitrogen and oxygen atoms in total. The molecule has 0 radical (unpaired) electrons. The maximum Gasteiger partial charge on any atom is 0.229 e. The van der Waals surface area contributed by atoms with Crippen molar-refractivity contribution in [2.24, 2.45) is 0 Å². The molecule has 4 rings (SSSR count). The van der Waals surface area contributed by atoms with Crippen molar-refractivity contribution in [2.75, 3.05) is 6.61 Å². The molecule has 2 heterocycles. The van der Waals surface area contributed by atoms with E-state index in [9.17, 15) is 45.6 Å². The largest absolute Gasteiger partial charge is 0.508 e. The van der Waals surface area contributed by atoms with Crippen molar-refractivity contribution in [1.82, 2.24) is 0 Å². The van der Waals surface area contributed by atoms with Crippen LogP contribution in [0.5, 0.6) is 28.7 Å². The average Bonchev–Trinajstić information content (AvgIpc) is 2.76. The van der Waals surface area contributed by atoms with Crippen LogP contribution in [0.1, 0.15) is 0 Å². The van der Waals surface area contributed by atoms with Gasteiger partial charge in [0.15, 0.2) is 16.9 Å². The van der Waals surface area contributed by atoms with E-state index >= 15 is 0 Å². The lowest BCUT2D eigenvalue weighted by molar-refractivity contribution is -0.277. The van der Waals surface area contributed by atoms with Crippen molar-refractivity contribution in [3.05, 3.63) is 40.6 Å². The minimum atomic E-state index is -1.78. The Balaban J connectivity index is 1.75. The standard InChI is InChI=1S/C21H20O12/c22-6-15-18(28)19(29)20(30)21(33-15)32-14-2-7(1-11(26)17(14)27)12-5-10(25)16-9(24)3-8(23)4-13(16)31-12/h1-5,15,18-24,26-30H,6H2/t15-,18-,19+,20-,21-/m1/s1. The van der Waals surface area contributed by atoms with E-state index in [1.807, 2.05) is 0 Å². The maximum absolute atomic E-state index is 12.5. The number of ether oxygens (including phenoxy) is 2. The summed E-state index contributed by atoms with van der Waals surface area (Å²) in [6.45, 7) is -0.704. The highest BCUT2D eigenvalue weighted by molar-refractivity contribution is 5.86. The summed E-state index contributed by atoms with van der Waals surface area (Å²) in [4.78, 5) is 12.5. The SMILES string of the molecule is O=c1cc(-c2cc(O)c(O)c(O[C@@H]3O[C@H](CO)[C@@H](O)[C@H](O)[C@H]3O)c2)oc2cc(O)cc(O)c12. The number of phenolic OH excluding ortho intramolecular Hbond substituents is 4. The van der Waals surface area contributed by atoms with Gasteiger partial charge in [-0.1, -0.05) is 0 Å². The molecule has 2 aromatic carbocycles. The molecule has 0 unspecified atom stereocenters. The second-order valence-electron chi connectivity index (χ2n) is 7.47. The Morgan fingerprint density at radius 3 is 2.30 bits per heavy atom. The molecule has 0 spiro atoms. The smallest absolute Gasteiger partial charge is 0.229 e. The number of rotatable bonds is 4.